The van der Waals surface area contributed by atoms with Crippen molar-refractivity contribution in [2.75, 3.05) is 0 Å². The number of pyridine rings is 1. The Balaban J connectivity index is 1.64. The van der Waals surface area contributed by atoms with Gasteiger partial charge in [-0.15, -0.1) is 0 Å². The first-order valence-electron chi connectivity index (χ1n) is 14.0. The lowest BCUT2D eigenvalue weighted by molar-refractivity contribution is 1.32. The molecule has 0 aliphatic heterocycles. The van der Waals surface area contributed by atoms with Gasteiger partial charge in [0, 0.05) is 38.6 Å². The molecule has 0 radical (unpaired) electrons. The van der Waals surface area contributed by atoms with Gasteiger partial charge in [-0.2, -0.15) is 0 Å². The molecule has 1 heterocycles. The third-order valence-electron chi connectivity index (χ3n) is 7.34. The second-order valence-corrected chi connectivity index (χ2v) is 10.0. The molecular formula is C41H25N. The summed E-state index contributed by atoms with van der Waals surface area (Å²) in [5.74, 6) is 13.9. The van der Waals surface area contributed by atoms with E-state index in [-0.39, 0.29) is 0 Å². The molecule has 7 aromatic rings. The molecule has 0 aliphatic carbocycles. The Hall–Kier alpha value is -5.89. The van der Waals surface area contributed by atoms with Crippen LogP contribution in [0.15, 0.2) is 152 Å². The molecule has 1 heteroatoms. The normalized spacial score (nSPS) is 10.5. The number of aromatic nitrogens is 1. The zero-order valence-electron chi connectivity index (χ0n) is 22.9. The summed E-state index contributed by atoms with van der Waals surface area (Å²) in [4.78, 5) is 5.18. The second kappa shape index (κ2) is 11.3. The largest absolute Gasteiger partial charge is 0.239 e. The summed E-state index contributed by atoms with van der Waals surface area (Å²) in [6.45, 7) is 0. The summed E-state index contributed by atoms with van der Waals surface area (Å²) in [5, 5.41) is 4.31. The Morgan fingerprint density at radius 3 is 1.52 bits per heavy atom. The second-order valence-electron chi connectivity index (χ2n) is 10.0. The summed E-state index contributed by atoms with van der Waals surface area (Å²) in [7, 11) is 0. The molecule has 0 saturated carbocycles. The molecule has 0 N–H and O–H groups in total. The van der Waals surface area contributed by atoms with E-state index in [1.807, 2.05) is 78.9 Å². The summed E-state index contributed by atoms with van der Waals surface area (Å²) in [6.07, 6.45) is 0. The highest BCUT2D eigenvalue weighted by Crippen LogP contribution is 2.41. The van der Waals surface area contributed by atoms with E-state index < -0.39 is 0 Å². The fraction of sp³-hybridized carbons (Fsp3) is 0. The van der Waals surface area contributed by atoms with Gasteiger partial charge in [0.1, 0.15) is 5.69 Å². The van der Waals surface area contributed by atoms with Crippen molar-refractivity contribution in [1.29, 1.82) is 0 Å². The van der Waals surface area contributed by atoms with Crippen LogP contribution in [-0.2, 0) is 0 Å². The number of nitrogens with zero attached hydrogens (tertiary/aromatic N) is 1. The predicted molar refractivity (Wildman–Crippen MR) is 175 cm³/mol. The van der Waals surface area contributed by atoms with Gasteiger partial charge in [0.2, 0.25) is 0 Å². The molecule has 0 bridgehead atoms. The maximum Gasteiger partial charge on any atom is 0.122 e. The summed E-state index contributed by atoms with van der Waals surface area (Å²) in [5.41, 5.74) is 7.80. The van der Waals surface area contributed by atoms with Crippen molar-refractivity contribution in [3.8, 4) is 46.1 Å². The minimum Gasteiger partial charge on any atom is -0.239 e. The fourth-order valence-electron chi connectivity index (χ4n) is 5.39. The average Bonchev–Trinajstić information content (AvgIpc) is 3.07. The number of hydrogen-bond donors (Lipinski definition) is 0. The predicted octanol–water partition coefficient (Wildman–Crippen LogP) is 9.52. The van der Waals surface area contributed by atoms with Crippen molar-refractivity contribution < 1.29 is 0 Å². The number of hydrogen-bond acceptors (Lipinski definition) is 1. The van der Waals surface area contributed by atoms with Crippen LogP contribution in [0.2, 0.25) is 0 Å². The molecule has 0 saturated heterocycles. The van der Waals surface area contributed by atoms with E-state index in [0.717, 1.165) is 66.3 Å². The lowest BCUT2D eigenvalue weighted by atomic mass is 9.87. The highest BCUT2D eigenvalue weighted by atomic mass is 14.7. The fourth-order valence-corrected chi connectivity index (χ4v) is 5.39. The van der Waals surface area contributed by atoms with Crippen molar-refractivity contribution in [3.63, 3.8) is 0 Å². The molecule has 0 amide bonds. The Labute approximate surface area is 246 Å². The Kier molecular flexibility index (Phi) is 6.76. The van der Waals surface area contributed by atoms with Crippen LogP contribution in [0.5, 0.6) is 0 Å². The van der Waals surface area contributed by atoms with Crippen LogP contribution in [0.4, 0.5) is 0 Å². The molecule has 0 spiro atoms. The van der Waals surface area contributed by atoms with Crippen molar-refractivity contribution in [2.24, 2.45) is 0 Å². The summed E-state index contributed by atoms with van der Waals surface area (Å²) in [6, 6.07) is 51.8. The molecule has 194 valence electrons. The number of rotatable bonds is 2. The van der Waals surface area contributed by atoms with E-state index in [1.54, 1.807) is 0 Å². The van der Waals surface area contributed by atoms with Crippen LogP contribution in [-0.4, -0.2) is 4.98 Å². The SMILES string of the molecule is C(#Cc1c(-c2ccccc2)c2ccccc2c2c(C#Cc3ccccc3)nc(-c3ccccc3)cc12)c1ccccc1. The molecule has 6 aromatic carbocycles. The molecule has 0 atom stereocenters. The lowest BCUT2D eigenvalue weighted by Crippen LogP contribution is -1.97. The third-order valence-corrected chi connectivity index (χ3v) is 7.34. The maximum absolute atomic E-state index is 5.18. The van der Waals surface area contributed by atoms with Gasteiger partial charge in [0.05, 0.1) is 5.69 Å². The van der Waals surface area contributed by atoms with Crippen LogP contribution in [0, 0.1) is 23.7 Å². The first kappa shape index (κ1) is 25.1. The molecule has 0 unspecified atom stereocenters. The first-order chi connectivity index (χ1) is 20.8. The molecule has 1 aromatic heterocycles. The van der Waals surface area contributed by atoms with Crippen LogP contribution >= 0.6 is 0 Å². The molecule has 42 heavy (non-hydrogen) atoms. The van der Waals surface area contributed by atoms with Gasteiger partial charge in [-0.3, -0.25) is 0 Å². The van der Waals surface area contributed by atoms with Crippen molar-refractivity contribution in [3.05, 3.63) is 174 Å². The van der Waals surface area contributed by atoms with Crippen LogP contribution < -0.4 is 0 Å². The number of benzene rings is 6. The van der Waals surface area contributed by atoms with Crippen molar-refractivity contribution >= 4 is 21.5 Å². The maximum atomic E-state index is 5.18. The van der Waals surface area contributed by atoms with Gasteiger partial charge in [0.15, 0.2) is 0 Å². The Bertz CT molecular complexity index is 2160. The van der Waals surface area contributed by atoms with Crippen LogP contribution in [0.3, 0.4) is 0 Å². The van der Waals surface area contributed by atoms with Crippen LogP contribution in [0.25, 0.3) is 43.9 Å². The van der Waals surface area contributed by atoms with Crippen LogP contribution in [0.1, 0.15) is 22.4 Å². The molecular weight excluding hydrogens is 506 g/mol. The zero-order valence-corrected chi connectivity index (χ0v) is 22.9. The van der Waals surface area contributed by atoms with Gasteiger partial charge in [-0.1, -0.05) is 139 Å². The minimum absolute atomic E-state index is 0.744. The average molecular weight is 532 g/mol. The van der Waals surface area contributed by atoms with E-state index in [9.17, 15) is 0 Å². The van der Waals surface area contributed by atoms with Gasteiger partial charge >= 0.3 is 0 Å². The Morgan fingerprint density at radius 2 is 0.905 bits per heavy atom. The van der Waals surface area contributed by atoms with Gasteiger partial charge < -0.3 is 0 Å². The Morgan fingerprint density at radius 1 is 0.405 bits per heavy atom. The van der Waals surface area contributed by atoms with E-state index in [4.69, 9.17) is 4.98 Å². The minimum atomic E-state index is 0.744. The van der Waals surface area contributed by atoms with E-state index >= 15 is 0 Å². The smallest absolute Gasteiger partial charge is 0.122 e. The van der Waals surface area contributed by atoms with Gasteiger partial charge in [-0.05, 0) is 52.6 Å². The van der Waals surface area contributed by atoms with E-state index in [0.29, 0.717) is 0 Å². The molecule has 1 nitrogen and oxygen atoms in total. The molecule has 7 rings (SSSR count). The number of fused-ring (bicyclic) bond motifs is 3. The van der Waals surface area contributed by atoms with Gasteiger partial charge in [0.25, 0.3) is 0 Å². The van der Waals surface area contributed by atoms with Gasteiger partial charge in [-0.25, -0.2) is 4.98 Å². The molecule has 0 fully saturated rings. The highest BCUT2D eigenvalue weighted by Gasteiger charge is 2.19. The third kappa shape index (κ3) is 4.93. The summed E-state index contributed by atoms with van der Waals surface area (Å²) >= 11 is 0. The lowest BCUT2D eigenvalue weighted by Gasteiger charge is -2.17. The quantitative estimate of drug-likeness (QED) is 0.160. The summed E-state index contributed by atoms with van der Waals surface area (Å²) < 4.78 is 0. The van der Waals surface area contributed by atoms with Crippen molar-refractivity contribution in [1.82, 2.24) is 4.98 Å². The topological polar surface area (TPSA) is 12.9 Å². The standard InChI is InChI=1S/C41H25N/c1-5-15-30(16-6-1)25-27-36-37-29-39(32-19-9-3-10-20-32)42-38(28-26-31-17-7-2-8-18-31)41(37)35-24-14-13-23-34(35)40(36)33-21-11-4-12-22-33/h1-24,29H. The van der Waals surface area contributed by atoms with Crippen molar-refractivity contribution in [2.45, 2.75) is 0 Å². The highest BCUT2D eigenvalue weighted by molar-refractivity contribution is 6.19. The monoisotopic (exact) mass is 531 g/mol. The molecule has 0 aliphatic rings. The van der Waals surface area contributed by atoms with E-state index in [1.165, 1.54) is 0 Å². The first-order valence-corrected chi connectivity index (χ1v) is 14.0. The zero-order chi connectivity index (χ0) is 28.1. The van der Waals surface area contributed by atoms with E-state index in [2.05, 4.69) is 96.5 Å².